The number of anilines is 1. The zero-order chi connectivity index (χ0) is 17.4. The molecule has 0 unspecified atom stereocenters. The summed E-state index contributed by atoms with van der Waals surface area (Å²) in [5.74, 6) is 0.625. The van der Waals surface area contributed by atoms with Gasteiger partial charge >= 0.3 is 0 Å². The second-order valence-corrected chi connectivity index (χ2v) is 6.08. The highest BCUT2D eigenvalue weighted by Gasteiger charge is 2.20. The molecule has 0 aliphatic carbocycles. The third-order valence-electron chi connectivity index (χ3n) is 3.80. The zero-order valence-corrected chi connectivity index (χ0v) is 14.7. The number of rotatable bonds is 8. The quantitative estimate of drug-likeness (QED) is 0.751. The second-order valence-electron chi connectivity index (χ2n) is 6.08. The van der Waals surface area contributed by atoms with E-state index in [2.05, 4.69) is 22.2 Å². The molecule has 1 aromatic carbocycles. The van der Waals surface area contributed by atoms with Gasteiger partial charge in [-0.15, -0.1) is 0 Å². The van der Waals surface area contributed by atoms with E-state index in [-0.39, 0.29) is 11.9 Å². The van der Waals surface area contributed by atoms with Gasteiger partial charge in [0.05, 0.1) is 0 Å². The van der Waals surface area contributed by atoms with Gasteiger partial charge in [0.25, 0.3) is 5.91 Å². The molecule has 0 bridgehead atoms. The lowest BCUT2D eigenvalue weighted by Gasteiger charge is -2.26. The largest absolute Gasteiger partial charge is 0.370 e. The van der Waals surface area contributed by atoms with Gasteiger partial charge in [0, 0.05) is 25.2 Å². The molecule has 0 fully saturated rings. The van der Waals surface area contributed by atoms with E-state index in [1.165, 1.54) is 6.33 Å². The number of hydrogen-bond acceptors (Lipinski definition) is 4. The summed E-state index contributed by atoms with van der Waals surface area (Å²) >= 11 is 0. The minimum atomic E-state index is -0.0743. The fraction of sp³-hybridized carbons (Fsp3) is 0.421. The molecule has 1 heterocycles. The maximum Gasteiger partial charge on any atom is 0.273 e. The predicted octanol–water partition coefficient (Wildman–Crippen LogP) is 3.74. The SMILES string of the molecule is CCCCNc1cc(C(=O)N(Cc2ccccc2)C(C)C)ncn1. The van der Waals surface area contributed by atoms with Crippen LogP contribution in [0.3, 0.4) is 0 Å². The average molecular weight is 326 g/mol. The lowest BCUT2D eigenvalue weighted by atomic mass is 10.1. The van der Waals surface area contributed by atoms with Crippen LogP contribution < -0.4 is 5.32 Å². The number of aromatic nitrogens is 2. The number of nitrogens with one attached hydrogen (secondary N) is 1. The fourth-order valence-corrected chi connectivity index (χ4v) is 2.38. The van der Waals surface area contributed by atoms with Crippen molar-refractivity contribution in [1.29, 1.82) is 0 Å². The molecule has 0 spiro atoms. The number of nitrogens with zero attached hydrogens (tertiary/aromatic N) is 3. The molecule has 5 nitrogen and oxygen atoms in total. The molecular formula is C19H26N4O. The Balaban J connectivity index is 2.13. The van der Waals surface area contributed by atoms with Crippen LogP contribution in [0.4, 0.5) is 5.82 Å². The predicted molar refractivity (Wildman–Crippen MR) is 96.9 cm³/mol. The Kier molecular flexibility index (Phi) is 6.73. The molecule has 0 saturated carbocycles. The Bertz CT molecular complexity index is 643. The maximum absolute atomic E-state index is 12.9. The molecule has 2 aromatic rings. The third-order valence-corrected chi connectivity index (χ3v) is 3.80. The van der Waals surface area contributed by atoms with E-state index in [9.17, 15) is 4.79 Å². The van der Waals surface area contributed by atoms with Crippen LogP contribution in [0.15, 0.2) is 42.7 Å². The van der Waals surface area contributed by atoms with Gasteiger partial charge in [0.1, 0.15) is 17.8 Å². The van der Waals surface area contributed by atoms with Crippen LogP contribution in [-0.2, 0) is 6.54 Å². The van der Waals surface area contributed by atoms with Crippen molar-refractivity contribution in [2.45, 2.75) is 46.2 Å². The Hall–Kier alpha value is -2.43. The summed E-state index contributed by atoms with van der Waals surface area (Å²) in [6.45, 7) is 7.59. The summed E-state index contributed by atoms with van der Waals surface area (Å²) in [5.41, 5.74) is 1.53. The van der Waals surface area contributed by atoms with Gasteiger partial charge in [0.15, 0.2) is 0 Å². The Labute approximate surface area is 144 Å². The smallest absolute Gasteiger partial charge is 0.273 e. The summed E-state index contributed by atoms with van der Waals surface area (Å²) in [5, 5.41) is 3.24. The van der Waals surface area contributed by atoms with E-state index >= 15 is 0 Å². The summed E-state index contributed by atoms with van der Waals surface area (Å²) in [6.07, 6.45) is 3.63. The minimum absolute atomic E-state index is 0.0743. The molecule has 1 aromatic heterocycles. The van der Waals surface area contributed by atoms with Gasteiger partial charge in [0.2, 0.25) is 0 Å². The first-order valence-electron chi connectivity index (χ1n) is 8.52. The molecule has 0 aliphatic heterocycles. The molecule has 24 heavy (non-hydrogen) atoms. The molecule has 128 valence electrons. The summed E-state index contributed by atoms with van der Waals surface area (Å²) in [6, 6.07) is 11.8. The standard InChI is InChI=1S/C19H26N4O/c1-4-5-11-20-18-12-17(21-14-22-18)19(24)23(15(2)3)13-16-9-7-6-8-10-16/h6-10,12,14-15H,4-5,11,13H2,1-3H3,(H,20,21,22). The number of amides is 1. The van der Waals surface area contributed by atoms with E-state index in [1.54, 1.807) is 6.07 Å². The van der Waals surface area contributed by atoms with Crippen LogP contribution in [0.2, 0.25) is 0 Å². The number of benzene rings is 1. The maximum atomic E-state index is 12.9. The Morgan fingerprint density at radius 1 is 1.21 bits per heavy atom. The highest BCUT2D eigenvalue weighted by Crippen LogP contribution is 2.14. The lowest BCUT2D eigenvalue weighted by molar-refractivity contribution is 0.0684. The summed E-state index contributed by atoms with van der Waals surface area (Å²) in [7, 11) is 0. The highest BCUT2D eigenvalue weighted by atomic mass is 16.2. The van der Waals surface area contributed by atoms with Crippen molar-refractivity contribution < 1.29 is 4.79 Å². The summed E-state index contributed by atoms with van der Waals surface area (Å²) < 4.78 is 0. The molecule has 1 N–H and O–H groups in total. The van der Waals surface area contributed by atoms with Crippen LogP contribution in [0.25, 0.3) is 0 Å². The van der Waals surface area contributed by atoms with E-state index in [4.69, 9.17) is 0 Å². The first-order chi connectivity index (χ1) is 11.6. The number of unbranched alkanes of at least 4 members (excludes halogenated alkanes) is 1. The van der Waals surface area contributed by atoms with Crippen molar-refractivity contribution >= 4 is 11.7 Å². The van der Waals surface area contributed by atoms with E-state index < -0.39 is 0 Å². The van der Waals surface area contributed by atoms with E-state index in [0.29, 0.717) is 18.1 Å². The first kappa shape index (κ1) is 17.9. The van der Waals surface area contributed by atoms with Crippen molar-refractivity contribution in [3.05, 3.63) is 54.0 Å². The van der Waals surface area contributed by atoms with Gasteiger partial charge in [-0.05, 0) is 25.8 Å². The fourth-order valence-electron chi connectivity index (χ4n) is 2.38. The Morgan fingerprint density at radius 2 is 1.96 bits per heavy atom. The third kappa shape index (κ3) is 5.05. The number of hydrogen-bond donors (Lipinski definition) is 1. The van der Waals surface area contributed by atoms with Gasteiger partial charge in [-0.3, -0.25) is 4.79 Å². The van der Waals surface area contributed by atoms with Crippen molar-refractivity contribution in [2.75, 3.05) is 11.9 Å². The normalized spacial score (nSPS) is 10.7. The second kappa shape index (κ2) is 9.01. The van der Waals surface area contributed by atoms with Crippen molar-refractivity contribution in [1.82, 2.24) is 14.9 Å². The number of carbonyl (C=O) groups is 1. The van der Waals surface area contributed by atoms with Gasteiger partial charge in [-0.25, -0.2) is 9.97 Å². The van der Waals surface area contributed by atoms with E-state index in [1.807, 2.05) is 49.1 Å². The van der Waals surface area contributed by atoms with Crippen LogP contribution >= 0.6 is 0 Å². The molecular weight excluding hydrogens is 300 g/mol. The molecule has 5 heteroatoms. The minimum Gasteiger partial charge on any atom is -0.370 e. The van der Waals surface area contributed by atoms with Crippen molar-refractivity contribution in [3.8, 4) is 0 Å². The number of carbonyl (C=O) groups excluding carboxylic acids is 1. The van der Waals surface area contributed by atoms with Gasteiger partial charge < -0.3 is 10.2 Å². The molecule has 0 radical (unpaired) electrons. The monoisotopic (exact) mass is 326 g/mol. The van der Waals surface area contributed by atoms with Gasteiger partial charge in [-0.2, -0.15) is 0 Å². The van der Waals surface area contributed by atoms with E-state index in [0.717, 1.165) is 24.9 Å². The van der Waals surface area contributed by atoms with Crippen molar-refractivity contribution in [2.24, 2.45) is 0 Å². The molecule has 0 atom stereocenters. The zero-order valence-electron chi connectivity index (χ0n) is 14.7. The molecule has 0 aliphatic rings. The van der Waals surface area contributed by atoms with Crippen LogP contribution in [-0.4, -0.2) is 33.4 Å². The van der Waals surface area contributed by atoms with Crippen LogP contribution in [0.5, 0.6) is 0 Å². The average Bonchev–Trinajstić information content (AvgIpc) is 2.60. The molecule has 1 amide bonds. The molecule has 2 rings (SSSR count). The lowest BCUT2D eigenvalue weighted by Crippen LogP contribution is -2.37. The Morgan fingerprint density at radius 3 is 2.62 bits per heavy atom. The van der Waals surface area contributed by atoms with Crippen molar-refractivity contribution in [3.63, 3.8) is 0 Å². The van der Waals surface area contributed by atoms with Crippen LogP contribution in [0, 0.1) is 0 Å². The molecule has 0 saturated heterocycles. The summed E-state index contributed by atoms with van der Waals surface area (Å²) in [4.78, 5) is 23.1. The topological polar surface area (TPSA) is 58.1 Å². The highest BCUT2D eigenvalue weighted by molar-refractivity contribution is 5.93. The van der Waals surface area contributed by atoms with Gasteiger partial charge in [-0.1, -0.05) is 43.7 Å². The first-order valence-corrected chi connectivity index (χ1v) is 8.52. The van der Waals surface area contributed by atoms with Crippen LogP contribution in [0.1, 0.15) is 49.7 Å².